The summed E-state index contributed by atoms with van der Waals surface area (Å²) in [6.45, 7) is 3.86. The van der Waals surface area contributed by atoms with Gasteiger partial charge in [-0.05, 0) is 5.92 Å². The van der Waals surface area contributed by atoms with Crippen LogP contribution in [0.3, 0.4) is 0 Å². The Kier molecular flexibility index (Phi) is 6.23. The van der Waals surface area contributed by atoms with Crippen molar-refractivity contribution in [2.45, 2.75) is 45.9 Å². The lowest BCUT2D eigenvalue weighted by atomic mass is 9.91. The number of hydrogen-bond acceptors (Lipinski definition) is 0. The molecule has 0 spiro atoms. The van der Waals surface area contributed by atoms with Crippen LogP contribution in [-0.4, -0.2) is 7.85 Å². The highest BCUT2D eigenvalue weighted by Gasteiger charge is 2.05. The van der Waals surface area contributed by atoms with Gasteiger partial charge in [0.25, 0.3) is 0 Å². The molecule has 2 radical (unpaired) electrons. The first kappa shape index (κ1) is 9.06. The monoisotopic (exact) mass is 124 g/mol. The molecule has 1 fully saturated rings. The van der Waals surface area contributed by atoms with E-state index in [9.17, 15) is 0 Å². The lowest BCUT2D eigenvalue weighted by Crippen LogP contribution is -1.99. The molecule has 0 aromatic rings. The normalized spacial score (nSPS) is 20.2. The van der Waals surface area contributed by atoms with Crippen LogP contribution in [0.2, 0.25) is 6.82 Å². The number of hydrogen-bond donors (Lipinski definition) is 0. The highest BCUT2D eigenvalue weighted by atomic mass is 14.1. The molecule has 1 aliphatic carbocycles. The summed E-state index contributed by atoms with van der Waals surface area (Å²) in [5.41, 5.74) is 0. The molecule has 0 saturated heterocycles. The van der Waals surface area contributed by atoms with Crippen molar-refractivity contribution in [2.24, 2.45) is 5.92 Å². The van der Waals surface area contributed by atoms with Crippen molar-refractivity contribution in [1.29, 1.82) is 0 Å². The van der Waals surface area contributed by atoms with E-state index < -0.39 is 0 Å². The second kappa shape index (κ2) is 6.19. The van der Waals surface area contributed by atoms with E-state index in [-0.39, 0.29) is 0 Å². The van der Waals surface area contributed by atoms with Crippen molar-refractivity contribution in [3.8, 4) is 0 Å². The van der Waals surface area contributed by atoms with Gasteiger partial charge in [-0.3, -0.25) is 0 Å². The maximum absolute atomic E-state index is 4.50. The van der Waals surface area contributed by atoms with Gasteiger partial charge < -0.3 is 0 Å². The lowest BCUT2D eigenvalue weighted by molar-refractivity contribution is 0.385. The van der Waals surface area contributed by atoms with Crippen molar-refractivity contribution in [1.82, 2.24) is 0 Å². The summed E-state index contributed by atoms with van der Waals surface area (Å²) in [6.07, 6.45) is 7.44. The van der Waals surface area contributed by atoms with Crippen LogP contribution >= 0.6 is 0 Å². The summed E-state index contributed by atoms with van der Waals surface area (Å²) in [5.74, 6) is 1.04. The first-order valence-corrected chi connectivity index (χ1v) is 3.97. The molecule has 1 aliphatic rings. The number of rotatable bonds is 0. The van der Waals surface area contributed by atoms with E-state index in [0.717, 1.165) is 5.92 Å². The minimum absolute atomic E-state index is 1.04. The minimum atomic E-state index is 1.04. The Morgan fingerprint density at radius 3 is 1.67 bits per heavy atom. The van der Waals surface area contributed by atoms with Gasteiger partial charge in [-0.1, -0.05) is 45.9 Å². The average molecular weight is 124 g/mol. The van der Waals surface area contributed by atoms with Gasteiger partial charge in [0.05, 0.1) is 7.85 Å². The molecule has 0 heterocycles. The Morgan fingerprint density at radius 1 is 1.00 bits per heavy atom. The first-order valence-electron chi connectivity index (χ1n) is 3.97. The summed E-state index contributed by atoms with van der Waals surface area (Å²) in [7, 11) is 4.50. The van der Waals surface area contributed by atoms with E-state index in [4.69, 9.17) is 0 Å². The van der Waals surface area contributed by atoms with Gasteiger partial charge in [-0.2, -0.15) is 0 Å². The SMILES string of the molecule is CC1CCCCC1.[B]C. The van der Waals surface area contributed by atoms with Crippen LogP contribution in [0.15, 0.2) is 0 Å². The zero-order valence-corrected chi connectivity index (χ0v) is 6.69. The molecule has 0 amide bonds. The summed E-state index contributed by atoms with van der Waals surface area (Å²) < 4.78 is 0. The first-order chi connectivity index (χ1) is 4.39. The minimum Gasteiger partial charge on any atom is -0.0999 e. The molecule has 0 aliphatic heterocycles. The summed E-state index contributed by atoms with van der Waals surface area (Å²) in [4.78, 5) is 0. The molecule has 0 aromatic heterocycles. The highest BCUT2D eigenvalue weighted by molar-refractivity contribution is 6.05. The molecule has 0 N–H and O–H groups in total. The topological polar surface area (TPSA) is 0 Å². The van der Waals surface area contributed by atoms with E-state index >= 15 is 0 Å². The predicted molar refractivity (Wildman–Crippen MR) is 43.9 cm³/mol. The van der Waals surface area contributed by atoms with Crippen molar-refractivity contribution in [2.75, 3.05) is 0 Å². The van der Waals surface area contributed by atoms with Gasteiger partial charge in [0.2, 0.25) is 0 Å². The Hall–Kier alpha value is 0.0649. The van der Waals surface area contributed by atoms with Crippen LogP contribution < -0.4 is 0 Å². The molecule has 0 unspecified atom stereocenters. The second-order valence-corrected chi connectivity index (χ2v) is 2.74. The van der Waals surface area contributed by atoms with Crippen LogP contribution in [0, 0.1) is 5.92 Å². The molecule has 0 nitrogen and oxygen atoms in total. The zero-order chi connectivity index (χ0) is 7.11. The quantitative estimate of drug-likeness (QED) is 0.435. The molecule has 0 atom stereocenters. The lowest BCUT2D eigenvalue weighted by Gasteiger charge is -2.15. The van der Waals surface area contributed by atoms with E-state index in [1.54, 1.807) is 0 Å². The molecular formula is C8H17B. The smallest absolute Gasteiger partial charge is 0.0606 e. The van der Waals surface area contributed by atoms with Crippen molar-refractivity contribution in [3.05, 3.63) is 0 Å². The zero-order valence-electron chi connectivity index (χ0n) is 6.69. The fraction of sp³-hybridized carbons (Fsp3) is 1.00. The third-order valence-corrected chi connectivity index (χ3v) is 1.89. The third-order valence-electron chi connectivity index (χ3n) is 1.89. The summed E-state index contributed by atoms with van der Waals surface area (Å²) in [5, 5.41) is 0. The van der Waals surface area contributed by atoms with Crippen LogP contribution in [-0.2, 0) is 0 Å². The Morgan fingerprint density at radius 2 is 1.44 bits per heavy atom. The largest absolute Gasteiger partial charge is 0.0999 e. The maximum atomic E-state index is 4.50. The van der Waals surface area contributed by atoms with Crippen LogP contribution in [0.5, 0.6) is 0 Å². The Bertz CT molecular complexity index is 46.5. The summed E-state index contributed by atoms with van der Waals surface area (Å²) >= 11 is 0. The maximum Gasteiger partial charge on any atom is 0.0606 e. The molecule has 0 aromatic carbocycles. The van der Waals surface area contributed by atoms with Gasteiger partial charge in [-0.25, -0.2) is 0 Å². The van der Waals surface area contributed by atoms with Crippen molar-refractivity contribution >= 4 is 7.85 Å². The van der Waals surface area contributed by atoms with Gasteiger partial charge in [0.1, 0.15) is 0 Å². The molecule has 0 bridgehead atoms. The van der Waals surface area contributed by atoms with E-state index in [1.165, 1.54) is 38.9 Å². The molecule has 1 rings (SSSR count). The molecular weight excluding hydrogens is 107 g/mol. The van der Waals surface area contributed by atoms with E-state index in [1.807, 2.05) is 0 Å². The van der Waals surface area contributed by atoms with Gasteiger partial charge in [0.15, 0.2) is 0 Å². The van der Waals surface area contributed by atoms with Crippen LogP contribution in [0.1, 0.15) is 39.0 Å². The van der Waals surface area contributed by atoms with E-state index in [0.29, 0.717) is 0 Å². The van der Waals surface area contributed by atoms with Gasteiger partial charge >= 0.3 is 0 Å². The standard InChI is InChI=1S/C7H14.CH3B/c1-7-5-3-2-4-6-7;1-2/h7H,2-6H2,1H3;1H3. The average Bonchev–Trinajstić information content (AvgIpc) is 1.94. The Labute approximate surface area is 60.4 Å². The molecule has 1 saturated carbocycles. The van der Waals surface area contributed by atoms with Crippen LogP contribution in [0.25, 0.3) is 0 Å². The van der Waals surface area contributed by atoms with Gasteiger partial charge in [-0.15, -0.1) is 0 Å². The van der Waals surface area contributed by atoms with Crippen molar-refractivity contribution in [3.63, 3.8) is 0 Å². The second-order valence-electron chi connectivity index (χ2n) is 2.74. The van der Waals surface area contributed by atoms with Crippen LogP contribution in [0.4, 0.5) is 0 Å². The fourth-order valence-corrected chi connectivity index (χ4v) is 1.31. The fourth-order valence-electron chi connectivity index (χ4n) is 1.31. The highest BCUT2D eigenvalue weighted by Crippen LogP contribution is 2.21. The van der Waals surface area contributed by atoms with E-state index in [2.05, 4.69) is 14.8 Å². The molecule has 9 heavy (non-hydrogen) atoms. The Balaban J connectivity index is 0.000000291. The molecule has 52 valence electrons. The third kappa shape index (κ3) is 4.56. The summed E-state index contributed by atoms with van der Waals surface area (Å²) in [6, 6.07) is 0. The van der Waals surface area contributed by atoms with Crippen molar-refractivity contribution < 1.29 is 0 Å². The van der Waals surface area contributed by atoms with Gasteiger partial charge in [0, 0.05) is 0 Å². The predicted octanol–water partition coefficient (Wildman–Crippen LogP) is 2.79. The molecule has 1 heteroatoms.